The number of amides is 4. The second-order valence-corrected chi connectivity index (χ2v) is 11.7. The lowest BCUT2D eigenvalue weighted by Gasteiger charge is -2.38. The molecule has 4 rings (SSSR count). The molecule has 2 aliphatic heterocycles. The van der Waals surface area contributed by atoms with Gasteiger partial charge in [0.15, 0.2) is 0 Å². The molecule has 0 radical (unpaired) electrons. The average Bonchev–Trinajstić information content (AvgIpc) is 3.23. The number of rotatable bonds is 16. The van der Waals surface area contributed by atoms with Gasteiger partial charge in [0.25, 0.3) is 27.8 Å². The van der Waals surface area contributed by atoms with Gasteiger partial charge in [0.05, 0.1) is 62.3 Å². The largest absolute Gasteiger partial charge is 0.491 e. The number of benzene rings is 2. The van der Waals surface area contributed by atoms with Gasteiger partial charge in [0.1, 0.15) is 17.9 Å². The maximum atomic E-state index is 13.1. The van der Waals surface area contributed by atoms with E-state index in [9.17, 15) is 27.6 Å². The van der Waals surface area contributed by atoms with Gasteiger partial charge in [-0.3, -0.25) is 33.6 Å². The summed E-state index contributed by atoms with van der Waals surface area (Å²) in [6, 6.07) is 10.9. The summed E-state index contributed by atoms with van der Waals surface area (Å²) in [7, 11) is -3.82. The van der Waals surface area contributed by atoms with Crippen molar-refractivity contribution < 1.29 is 50.7 Å². The van der Waals surface area contributed by atoms with Crippen molar-refractivity contribution >= 4 is 33.7 Å². The van der Waals surface area contributed by atoms with Crippen LogP contribution >= 0.6 is 0 Å². The van der Waals surface area contributed by atoms with Crippen LogP contribution in [0.15, 0.2) is 47.4 Å². The van der Waals surface area contributed by atoms with Crippen molar-refractivity contribution in [1.29, 1.82) is 0 Å². The molecule has 2 heterocycles. The SMILES string of the molecule is Cc1ccc(S(=O)(=O)OCCOCCOCCOCCOc2ccc3c(c2)C(=O)N(C2(C)CCC(=O)NC2=O)C3=O)cc1. The molecule has 2 aromatic rings. The Balaban J connectivity index is 1.07. The van der Waals surface area contributed by atoms with Crippen LogP contribution in [-0.4, -0.2) is 95.3 Å². The first-order chi connectivity index (χ1) is 20.5. The van der Waals surface area contributed by atoms with Gasteiger partial charge in [0, 0.05) is 6.42 Å². The molecule has 4 amide bonds. The van der Waals surface area contributed by atoms with Gasteiger partial charge in [-0.05, 0) is 50.6 Å². The number of piperidine rings is 1. The number of aryl methyl sites for hydroxylation is 1. The van der Waals surface area contributed by atoms with E-state index < -0.39 is 39.3 Å². The van der Waals surface area contributed by atoms with Crippen molar-refractivity contribution in [2.24, 2.45) is 0 Å². The Kier molecular flexibility index (Phi) is 10.6. The van der Waals surface area contributed by atoms with E-state index in [1.807, 2.05) is 6.92 Å². The zero-order valence-corrected chi connectivity index (χ0v) is 24.8. The van der Waals surface area contributed by atoms with Crippen molar-refractivity contribution in [1.82, 2.24) is 10.2 Å². The Labute approximate surface area is 249 Å². The van der Waals surface area contributed by atoms with Gasteiger partial charge in [-0.25, -0.2) is 0 Å². The van der Waals surface area contributed by atoms with Crippen LogP contribution in [0.1, 0.15) is 46.0 Å². The molecule has 14 heteroatoms. The molecule has 2 aromatic carbocycles. The highest BCUT2D eigenvalue weighted by Gasteiger charge is 2.52. The third kappa shape index (κ3) is 7.83. The molecule has 2 aliphatic rings. The molecule has 1 unspecified atom stereocenters. The fourth-order valence-corrected chi connectivity index (χ4v) is 5.39. The first-order valence-electron chi connectivity index (χ1n) is 13.7. The highest BCUT2D eigenvalue weighted by atomic mass is 32.2. The van der Waals surface area contributed by atoms with Crippen molar-refractivity contribution in [3.05, 3.63) is 59.2 Å². The van der Waals surface area contributed by atoms with E-state index in [1.165, 1.54) is 31.2 Å². The van der Waals surface area contributed by atoms with Crippen LogP contribution in [0.2, 0.25) is 0 Å². The monoisotopic (exact) mass is 618 g/mol. The fraction of sp³-hybridized carbons (Fsp3) is 0.448. The van der Waals surface area contributed by atoms with Gasteiger partial charge < -0.3 is 18.9 Å². The van der Waals surface area contributed by atoms with Gasteiger partial charge >= 0.3 is 0 Å². The third-order valence-electron chi connectivity index (χ3n) is 6.95. The second-order valence-electron chi connectivity index (χ2n) is 10.1. The molecular weight excluding hydrogens is 584 g/mol. The summed E-state index contributed by atoms with van der Waals surface area (Å²) < 4.78 is 51.0. The quantitative estimate of drug-likeness (QED) is 0.165. The zero-order chi connectivity index (χ0) is 31.0. The Morgan fingerprint density at radius 2 is 1.37 bits per heavy atom. The van der Waals surface area contributed by atoms with E-state index >= 15 is 0 Å². The molecule has 0 bridgehead atoms. The molecule has 1 atom stereocenters. The molecule has 1 N–H and O–H groups in total. The number of carbonyl (C=O) groups excluding carboxylic acids is 4. The summed E-state index contributed by atoms with van der Waals surface area (Å²) in [5, 5.41) is 2.20. The highest BCUT2D eigenvalue weighted by Crippen LogP contribution is 2.35. The lowest BCUT2D eigenvalue weighted by Crippen LogP contribution is -2.62. The van der Waals surface area contributed by atoms with E-state index in [0.29, 0.717) is 25.6 Å². The maximum absolute atomic E-state index is 13.1. The van der Waals surface area contributed by atoms with E-state index in [-0.39, 0.29) is 61.9 Å². The Bertz CT molecular complexity index is 1460. The number of hydrogen-bond acceptors (Lipinski definition) is 11. The van der Waals surface area contributed by atoms with Crippen LogP contribution in [0, 0.1) is 6.92 Å². The van der Waals surface area contributed by atoms with Crippen LogP contribution in [0.4, 0.5) is 0 Å². The zero-order valence-electron chi connectivity index (χ0n) is 24.0. The number of nitrogens with zero attached hydrogens (tertiary/aromatic N) is 1. The topological polar surface area (TPSA) is 164 Å². The molecule has 0 spiro atoms. The van der Waals surface area contributed by atoms with Crippen LogP contribution in [-0.2, 0) is 38.1 Å². The van der Waals surface area contributed by atoms with Gasteiger partial charge in [-0.2, -0.15) is 8.42 Å². The summed E-state index contributed by atoms with van der Waals surface area (Å²) in [5.41, 5.74) is -0.208. The first kappa shape index (κ1) is 32.2. The molecule has 0 aromatic heterocycles. The first-order valence-corrected chi connectivity index (χ1v) is 15.1. The minimum atomic E-state index is -3.82. The Morgan fingerprint density at radius 1 is 0.791 bits per heavy atom. The van der Waals surface area contributed by atoms with Crippen molar-refractivity contribution in [2.75, 3.05) is 52.9 Å². The fourth-order valence-electron chi connectivity index (χ4n) is 4.50. The second kappa shape index (κ2) is 14.2. The highest BCUT2D eigenvalue weighted by molar-refractivity contribution is 7.86. The molecule has 43 heavy (non-hydrogen) atoms. The van der Waals surface area contributed by atoms with Crippen molar-refractivity contribution in [2.45, 2.75) is 37.1 Å². The van der Waals surface area contributed by atoms with E-state index in [4.69, 9.17) is 23.1 Å². The van der Waals surface area contributed by atoms with E-state index in [1.54, 1.807) is 18.2 Å². The molecule has 1 saturated heterocycles. The number of ether oxygens (including phenoxy) is 4. The molecular formula is C29H34N2O11S. The van der Waals surface area contributed by atoms with Crippen LogP contribution in [0.5, 0.6) is 5.75 Å². The minimum absolute atomic E-state index is 0.0296. The lowest BCUT2D eigenvalue weighted by molar-refractivity contribution is -0.140. The number of nitrogens with one attached hydrogen (secondary N) is 1. The Morgan fingerprint density at radius 3 is 2.00 bits per heavy atom. The lowest BCUT2D eigenvalue weighted by atomic mass is 9.89. The van der Waals surface area contributed by atoms with E-state index in [2.05, 4.69) is 5.32 Å². The predicted molar refractivity (Wildman–Crippen MR) is 150 cm³/mol. The molecule has 1 fully saturated rings. The van der Waals surface area contributed by atoms with Crippen LogP contribution in [0.3, 0.4) is 0 Å². The van der Waals surface area contributed by atoms with Crippen LogP contribution in [0.25, 0.3) is 0 Å². The molecule has 0 aliphatic carbocycles. The van der Waals surface area contributed by atoms with Gasteiger partial charge in [-0.15, -0.1) is 0 Å². The summed E-state index contributed by atoms with van der Waals surface area (Å²) in [6.45, 7) is 4.92. The van der Waals surface area contributed by atoms with Crippen molar-refractivity contribution in [3.8, 4) is 5.75 Å². The van der Waals surface area contributed by atoms with Crippen molar-refractivity contribution in [3.63, 3.8) is 0 Å². The summed E-state index contributed by atoms with van der Waals surface area (Å²) in [5.74, 6) is -1.96. The summed E-state index contributed by atoms with van der Waals surface area (Å²) in [6.07, 6.45) is 0.0822. The van der Waals surface area contributed by atoms with Gasteiger partial charge in [-0.1, -0.05) is 17.7 Å². The third-order valence-corrected chi connectivity index (χ3v) is 8.28. The number of fused-ring (bicyclic) bond motifs is 1. The summed E-state index contributed by atoms with van der Waals surface area (Å²) in [4.78, 5) is 51.1. The normalized spacial score (nSPS) is 18.6. The van der Waals surface area contributed by atoms with E-state index in [0.717, 1.165) is 10.5 Å². The molecule has 13 nitrogen and oxygen atoms in total. The standard InChI is InChI=1S/C29H34N2O11S/c1-20-3-6-22(7-4-20)43(36,37)42-18-16-40-14-12-38-11-13-39-15-17-41-21-5-8-23-24(19-21)27(34)31(26(23)33)29(2)10-9-25(32)30-28(29)35/h3-8,19H,9-18H2,1-2H3,(H,30,32,35). The average molecular weight is 619 g/mol. The predicted octanol–water partition coefficient (Wildman–Crippen LogP) is 1.62. The number of hydrogen-bond donors (Lipinski definition) is 1. The number of carbonyl (C=O) groups is 4. The smallest absolute Gasteiger partial charge is 0.297 e. The van der Waals surface area contributed by atoms with Crippen LogP contribution < -0.4 is 10.1 Å². The molecule has 0 saturated carbocycles. The number of imide groups is 2. The summed E-state index contributed by atoms with van der Waals surface area (Å²) >= 11 is 0. The maximum Gasteiger partial charge on any atom is 0.297 e. The Hall–Kier alpha value is -3.69. The van der Waals surface area contributed by atoms with Gasteiger partial charge in [0.2, 0.25) is 5.91 Å². The molecule has 232 valence electrons. The minimum Gasteiger partial charge on any atom is -0.491 e.